The predicted molar refractivity (Wildman–Crippen MR) is 130 cm³/mol. The summed E-state index contributed by atoms with van der Waals surface area (Å²) in [6.45, 7) is 10.8. The van der Waals surface area contributed by atoms with Crippen LogP contribution in [0.3, 0.4) is 0 Å². The smallest absolute Gasteiger partial charge is 0.261 e. The fraction of sp³-hybridized carbons (Fsp3) is 0.462. The van der Waals surface area contributed by atoms with E-state index in [0.717, 1.165) is 24.0 Å². The monoisotopic (exact) mass is 458 g/mol. The Bertz CT molecular complexity index is 908. The van der Waals surface area contributed by atoms with Crippen LogP contribution in [0.25, 0.3) is 0 Å². The number of unbranched alkanes of at least 4 members (excludes halogenated alkanes) is 1. The SMILES string of the molecule is CCCCNC(=O)C(C)N(Cc1ccccc1Cl)C(=O)COc1ccccc1C(C)(C)C. The first-order valence-corrected chi connectivity index (χ1v) is 11.6. The topological polar surface area (TPSA) is 58.6 Å². The molecule has 1 N–H and O–H groups in total. The Labute approximate surface area is 197 Å². The third-order valence-corrected chi connectivity index (χ3v) is 5.71. The number of halogens is 1. The Morgan fingerprint density at radius 2 is 1.75 bits per heavy atom. The molecule has 0 aliphatic carbocycles. The van der Waals surface area contributed by atoms with Crippen molar-refractivity contribution < 1.29 is 14.3 Å². The summed E-state index contributed by atoms with van der Waals surface area (Å²) in [7, 11) is 0. The largest absolute Gasteiger partial charge is 0.483 e. The molecule has 1 atom stereocenters. The standard InChI is InChI=1S/C26H35ClN2O3/c1-6-7-16-28-25(31)19(2)29(17-20-12-8-10-14-22(20)27)24(30)18-32-23-15-11-9-13-21(23)26(3,4)5/h8-15,19H,6-7,16-18H2,1-5H3,(H,28,31). The fourth-order valence-electron chi connectivity index (χ4n) is 3.36. The number of benzene rings is 2. The third-order valence-electron chi connectivity index (χ3n) is 5.34. The number of carbonyl (C=O) groups excluding carboxylic acids is 2. The second-order valence-electron chi connectivity index (χ2n) is 8.97. The van der Waals surface area contributed by atoms with Crippen molar-refractivity contribution in [3.63, 3.8) is 0 Å². The molecule has 0 spiro atoms. The van der Waals surface area contributed by atoms with Crippen LogP contribution in [-0.4, -0.2) is 35.9 Å². The van der Waals surface area contributed by atoms with Crippen molar-refractivity contribution >= 4 is 23.4 Å². The highest BCUT2D eigenvalue weighted by Crippen LogP contribution is 2.31. The number of para-hydroxylation sites is 1. The van der Waals surface area contributed by atoms with E-state index < -0.39 is 6.04 Å². The van der Waals surface area contributed by atoms with Gasteiger partial charge in [0, 0.05) is 18.1 Å². The summed E-state index contributed by atoms with van der Waals surface area (Å²) in [5.41, 5.74) is 1.69. The maximum atomic E-state index is 13.2. The third kappa shape index (κ3) is 7.27. The first kappa shape index (κ1) is 25.7. The summed E-state index contributed by atoms with van der Waals surface area (Å²) in [6, 6.07) is 14.4. The van der Waals surface area contributed by atoms with E-state index >= 15 is 0 Å². The molecule has 0 aliphatic rings. The normalized spacial score (nSPS) is 12.2. The molecule has 0 saturated carbocycles. The zero-order chi connectivity index (χ0) is 23.7. The number of rotatable bonds is 10. The van der Waals surface area contributed by atoms with Gasteiger partial charge in [-0.15, -0.1) is 0 Å². The summed E-state index contributed by atoms with van der Waals surface area (Å²) >= 11 is 6.33. The molecule has 0 aliphatic heterocycles. The van der Waals surface area contributed by atoms with Crippen molar-refractivity contribution in [2.24, 2.45) is 0 Å². The lowest BCUT2D eigenvalue weighted by molar-refractivity contribution is -0.142. The van der Waals surface area contributed by atoms with Crippen molar-refractivity contribution in [3.05, 3.63) is 64.7 Å². The molecule has 0 radical (unpaired) electrons. The molecule has 0 saturated heterocycles. The van der Waals surface area contributed by atoms with Crippen LogP contribution in [0.5, 0.6) is 5.75 Å². The van der Waals surface area contributed by atoms with Gasteiger partial charge in [0.05, 0.1) is 0 Å². The molecule has 6 heteroatoms. The second kappa shape index (κ2) is 11.9. The second-order valence-corrected chi connectivity index (χ2v) is 9.38. The Morgan fingerprint density at radius 3 is 2.41 bits per heavy atom. The predicted octanol–water partition coefficient (Wildman–Crippen LogP) is 5.35. The highest BCUT2D eigenvalue weighted by atomic mass is 35.5. The number of nitrogens with one attached hydrogen (secondary N) is 1. The van der Waals surface area contributed by atoms with E-state index in [1.807, 2.05) is 42.5 Å². The van der Waals surface area contributed by atoms with E-state index in [4.69, 9.17) is 16.3 Å². The van der Waals surface area contributed by atoms with Crippen molar-refractivity contribution in [3.8, 4) is 5.75 Å². The van der Waals surface area contributed by atoms with Crippen LogP contribution in [0.4, 0.5) is 0 Å². The average Bonchev–Trinajstić information content (AvgIpc) is 2.76. The van der Waals surface area contributed by atoms with Crippen LogP contribution in [0.15, 0.2) is 48.5 Å². The number of ether oxygens (including phenoxy) is 1. The summed E-state index contributed by atoms with van der Waals surface area (Å²) < 4.78 is 5.95. The minimum atomic E-state index is -0.655. The maximum absolute atomic E-state index is 13.2. The highest BCUT2D eigenvalue weighted by molar-refractivity contribution is 6.31. The van der Waals surface area contributed by atoms with E-state index in [0.29, 0.717) is 17.3 Å². The van der Waals surface area contributed by atoms with Gasteiger partial charge in [-0.2, -0.15) is 0 Å². The first-order valence-electron chi connectivity index (χ1n) is 11.2. The van der Waals surface area contributed by atoms with E-state index in [1.54, 1.807) is 13.0 Å². The van der Waals surface area contributed by atoms with Gasteiger partial charge in [-0.3, -0.25) is 9.59 Å². The van der Waals surface area contributed by atoms with Gasteiger partial charge in [0.15, 0.2) is 6.61 Å². The number of hydrogen-bond donors (Lipinski definition) is 1. The highest BCUT2D eigenvalue weighted by Gasteiger charge is 2.27. The Hall–Kier alpha value is -2.53. The quantitative estimate of drug-likeness (QED) is 0.488. The molecule has 174 valence electrons. The minimum absolute atomic E-state index is 0.122. The first-order chi connectivity index (χ1) is 15.1. The molecule has 32 heavy (non-hydrogen) atoms. The Kier molecular flexibility index (Phi) is 9.58. The van der Waals surface area contributed by atoms with Crippen LogP contribution in [0.2, 0.25) is 5.02 Å². The van der Waals surface area contributed by atoms with Gasteiger partial charge in [-0.25, -0.2) is 0 Å². The van der Waals surface area contributed by atoms with Gasteiger partial charge in [-0.1, -0.05) is 82.1 Å². The fourth-order valence-corrected chi connectivity index (χ4v) is 3.56. The summed E-state index contributed by atoms with van der Waals surface area (Å²) in [4.78, 5) is 27.5. The number of nitrogens with zero attached hydrogens (tertiary/aromatic N) is 1. The molecule has 0 heterocycles. The van der Waals surface area contributed by atoms with Crippen molar-refractivity contribution in [1.82, 2.24) is 10.2 Å². The number of carbonyl (C=O) groups is 2. The van der Waals surface area contributed by atoms with E-state index in [1.165, 1.54) is 4.90 Å². The molecule has 0 bridgehead atoms. The zero-order valence-corrected chi connectivity index (χ0v) is 20.5. The number of hydrogen-bond acceptors (Lipinski definition) is 3. The summed E-state index contributed by atoms with van der Waals surface area (Å²) in [5, 5.41) is 3.47. The summed E-state index contributed by atoms with van der Waals surface area (Å²) in [6.07, 6.45) is 1.88. The lowest BCUT2D eigenvalue weighted by Gasteiger charge is -2.29. The minimum Gasteiger partial charge on any atom is -0.483 e. The van der Waals surface area contributed by atoms with Gasteiger partial charge < -0.3 is 15.0 Å². The van der Waals surface area contributed by atoms with Gasteiger partial charge in [0.2, 0.25) is 5.91 Å². The van der Waals surface area contributed by atoms with Crippen LogP contribution in [0.1, 0.15) is 58.6 Å². The molecule has 1 unspecified atom stereocenters. The Balaban J connectivity index is 2.20. The van der Waals surface area contributed by atoms with E-state index in [9.17, 15) is 9.59 Å². The molecule has 2 aromatic carbocycles. The van der Waals surface area contributed by atoms with Crippen LogP contribution < -0.4 is 10.1 Å². The van der Waals surface area contributed by atoms with Gasteiger partial charge >= 0.3 is 0 Å². The zero-order valence-electron chi connectivity index (χ0n) is 19.8. The van der Waals surface area contributed by atoms with Gasteiger partial charge in [-0.05, 0) is 42.0 Å². The van der Waals surface area contributed by atoms with Crippen LogP contribution in [0, 0.1) is 0 Å². The average molecular weight is 459 g/mol. The van der Waals surface area contributed by atoms with E-state index in [2.05, 4.69) is 33.0 Å². The maximum Gasteiger partial charge on any atom is 0.261 e. The number of amides is 2. The van der Waals surface area contributed by atoms with Crippen LogP contribution >= 0.6 is 11.6 Å². The summed E-state index contributed by atoms with van der Waals surface area (Å²) in [5.74, 6) is 0.215. The van der Waals surface area contributed by atoms with Crippen molar-refractivity contribution in [1.29, 1.82) is 0 Å². The van der Waals surface area contributed by atoms with Crippen molar-refractivity contribution in [2.75, 3.05) is 13.2 Å². The molecular formula is C26H35ClN2O3. The molecular weight excluding hydrogens is 424 g/mol. The molecule has 0 fully saturated rings. The molecule has 0 aromatic heterocycles. The van der Waals surface area contributed by atoms with Crippen molar-refractivity contribution in [2.45, 2.75) is 65.5 Å². The van der Waals surface area contributed by atoms with E-state index in [-0.39, 0.29) is 30.4 Å². The van der Waals surface area contributed by atoms with Crippen LogP contribution in [-0.2, 0) is 21.5 Å². The molecule has 2 aromatic rings. The van der Waals surface area contributed by atoms with Gasteiger partial charge in [0.25, 0.3) is 5.91 Å². The molecule has 2 rings (SSSR count). The Morgan fingerprint density at radius 1 is 1.09 bits per heavy atom. The lowest BCUT2D eigenvalue weighted by atomic mass is 9.86. The van der Waals surface area contributed by atoms with Gasteiger partial charge in [0.1, 0.15) is 11.8 Å². The lowest BCUT2D eigenvalue weighted by Crippen LogP contribution is -2.49. The molecule has 2 amide bonds. The molecule has 5 nitrogen and oxygen atoms in total.